The Labute approximate surface area is 261 Å². The summed E-state index contributed by atoms with van der Waals surface area (Å²) in [6.45, 7) is 0.0316. The molecule has 17 nitrogen and oxygen atoms in total. The van der Waals surface area contributed by atoms with Gasteiger partial charge >= 0.3 is 0 Å². The molecule has 2 unspecified atom stereocenters. The maximum absolute atomic E-state index is 13.1. The fourth-order valence-corrected chi connectivity index (χ4v) is 7.13. The normalized spacial score (nSPS) is 51.8. The van der Waals surface area contributed by atoms with Gasteiger partial charge in [-0.25, -0.2) is 0 Å². The van der Waals surface area contributed by atoms with Gasteiger partial charge in [0.05, 0.1) is 37.0 Å². The minimum atomic E-state index is -1.68. The van der Waals surface area contributed by atoms with E-state index in [0.717, 1.165) is 12.8 Å². The molecule has 0 aromatic rings. The van der Waals surface area contributed by atoms with Crippen LogP contribution in [0.25, 0.3) is 0 Å². The third-order valence-electron chi connectivity index (χ3n) is 10.3. The number of aliphatic hydroxyl groups is 6. The Bertz CT molecular complexity index is 1010. The number of nitrogens with two attached hydrogens (primary N) is 5. The van der Waals surface area contributed by atoms with Crippen LogP contribution in [-0.4, -0.2) is 153 Å². The van der Waals surface area contributed by atoms with Crippen molar-refractivity contribution < 1.29 is 54.4 Å². The topological polar surface area (TPSA) is 318 Å². The highest BCUT2D eigenvalue weighted by Crippen LogP contribution is 2.41. The largest absolute Gasteiger partial charge is 0.394 e. The molecule has 260 valence electrons. The van der Waals surface area contributed by atoms with Crippen molar-refractivity contribution in [3.8, 4) is 0 Å². The second kappa shape index (κ2) is 14.3. The van der Waals surface area contributed by atoms with E-state index in [4.69, 9.17) is 47.6 Å². The Morgan fingerprint density at radius 1 is 0.889 bits per heavy atom. The Balaban J connectivity index is 1.34. The molecule has 3 saturated carbocycles. The number of rotatable bonds is 12. The van der Waals surface area contributed by atoms with Gasteiger partial charge in [-0.05, 0) is 44.1 Å². The number of nitrogens with one attached hydrogen (secondary N) is 1. The van der Waals surface area contributed by atoms with Crippen LogP contribution in [0.15, 0.2) is 0 Å². The van der Waals surface area contributed by atoms with Crippen molar-refractivity contribution in [1.29, 1.82) is 0 Å². The lowest BCUT2D eigenvalue weighted by Gasteiger charge is -2.49. The highest BCUT2D eigenvalue weighted by Gasteiger charge is 2.58. The molecule has 0 bridgehead atoms. The molecule has 0 spiro atoms. The van der Waals surface area contributed by atoms with Gasteiger partial charge in [0.25, 0.3) is 0 Å². The number of Topliss-reactive ketones (excluding diaryl/α,β-unsaturated/α-hetero) is 1. The molecule has 2 saturated heterocycles. The van der Waals surface area contributed by atoms with Gasteiger partial charge in [0, 0.05) is 37.5 Å². The first-order chi connectivity index (χ1) is 21.3. The van der Waals surface area contributed by atoms with Gasteiger partial charge < -0.3 is 83.6 Å². The molecule has 5 rings (SSSR count). The summed E-state index contributed by atoms with van der Waals surface area (Å²) >= 11 is 0. The molecule has 5 fully saturated rings. The van der Waals surface area contributed by atoms with Crippen molar-refractivity contribution in [2.24, 2.45) is 40.5 Å². The summed E-state index contributed by atoms with van der Waals surface area (Å²) in [4.78, 5) is 13.1. The molecular formula is C28H52N6O11. The van der Waals surface area contributed by atoms with Gasteiger partial charge in [-0.2, -0.15) is 0 Å². The average molecular weight is 649 g/mol. The highest BCUT2D eigenvalue weighted by atomic mass is 16.7. The van der Waals surface area contributed by atoms with Crippen LogP contribution >= 0.6 is 0 Å². The number of carbonyl (C=O) groups excluding carboxylic acids is 1. The second-order valence-electron chi connectivity index (χ2n) is 13.7. The predicted octanol–water partition coefficient (Wildman–Crippen LogP) is -6.22. The van der Waals surface area contributed by atoms with Crippen LogP contribution in [0.3, 0.4) is 0 Å². The number of carbonyl (C=O) groups is 1. The van der Waals surface area contributed by atoms with Crippen molar-refractivity contribution in [2.75, 3.05) is 19.7 Å². The van der Waals surface area contributed by atoms with Gasteiger partial charge in [0.1, 0.15) is 36.1 Å². The smallest absolute Gasteiger partial charge is 0.186 e. The predicted molar refractivity (Wildman–Crippen MR) is 156 cm³/mol. The maximum atomic E-state index is 13.1. The quantitative estimate of drug-likeness (QED) is 0.0936. The molecule has 0 amide bonds. The summed E-state index contributed by atoms with van der Waals surface area (Å²) in [6, 6.07) is -3.08. The molecule has 2 aliphatic heterocycles. The molecule has 17 N–H and O–H groups in total. The molecule has 5 aliphatic rings. The third-order valence-corrected chi connectivity index (χ3v) is 10.3. The number of ketones is 1. The monoisotopic (exact) mass is 648 g/mol. The molecule has 16 atom stereocenters. The first kappa shape index (κ1) is 35.3. The first-order valence-electron chi connectivity index (χ1n) is 15.9. The summed E-state index contributed by atoms with van der Waals surface area (Å²) in [6.07, 6.45) is -10.0. The second-order valence-corrected chi connectivity index (χ2v) is 13.7. The van der Waals surface area contributed by atoms with Crippen LogP contribution in [0.1, 0.15) is 38.5 Å². The van der Waals surface area contributed by atoms with Crippen LogP contribution in [0, 0.1) is 11.8 Å². The molecule has 45 heavy (non-hydrogen) atoms. The van der Waals surface area contributed by atoms with Crippen molar-refractivity contribution in [3.63, 3.8) is 0 Å². The first-order valence-corrected chi connectivity index (χ1v) is 15.9. The van der Waals surface area contributed by atoms with Crippen LogP contribution < -0.4 is 34.0 Å². The highest BCUT2D eigenvalue weighted by molar-refractivity contribution is 5.91. The number of aliphatic hydroxyl groups excluding tert-OH is 5. The SMILES string of the molecule is NC[C@H]1O[C@H](O[C@H]2[C@H](O)[C@@H](O[C@H]3O[C@H](CO)[C@@H](O)[C@H](N)[C@H]3O)[C@H](CC(=O)C3(O)CC3N)C[C@@H]2N)[C@H](NCC2CC(N)C2)C[C@@H]1O. The minimum Gasteiger partial charge on any atom is -0.394 e. The third kappa shape index (κ3) is 7.39. The van der Waals surface area contributed by atoms with Crippen LogP contribution in [0.5, 0.6) is 0 Å². The van der Waals surface area contributed by atoms with Crippen molar-refractivity contribution in [1.82, 2.24) is 5.32 Å². The lowest BCUT2D eigenvalue weighted by atomic mass is 9.76. The lowest BCUT2D eigenvalue weighted by Crippen LogP contribution is -2.66. The summed E-state index contributed by atoms with van der Waals surface area (Å²) in [7, 11) is 0. The van der Waals surface area contributed by atoms with Gasteiger partial charge in [-0.3, -0.25) is 4.79 Å². The van der Waals surface area contributed by atoms with Gasteiger partial charge in [0.15, 0.2) is 18.4 Å². The van der Waals surface area contributed by atoms with Gasteiger partial charge in [-0.1, -0.05) is 0 Å². The number of hydrogen-bond acceptors (Lipinski definition) is 17. The molecule has 2 heterocycles. The van der Waals surface area contributed by atoms with E-state index in [1.807, 2.05) is 0 Å². The molecule has 3 aliphatic carbocycles. The Kier molecular flexibility index (Phi) is 11.2. The minimum absolute atomic E-state index is 0.0283. The Hall–Kier alpha value is -0.970. The van der Waals surface area contributed by atoms with E-state index in [2.05, 4.69) is 5.32 Å². The summed E-state index contributed by atoms with van der Waals surface area (Å²) in [5.41, 5.74) is 28.4. The van der Waals surface area contributed by atoms with Crippen molar-refractivity contribution >= 4 is 5.78 Å². The Morgan fingerprint density at radius 3 is 2.13 bits per heavy atom. The zero-order valence-corrected chi connectivity index (χ0v) is 25.3. The average Bonchev–Trinajstić information content (AvgIpc) is 3.62. The van der Waals surface area contributed by atoms with Crippen LogP contribution in [-0.2, 0) is 23.7 Å². The molecule has 0 aromatic carbocycles. The van der Waals surface area contributed by atoms with E-state index < -0.39 is 109 Å². The van der Waals surface area contributed by atoms with E-state index in [9.17, 15) is 35.4 Å². The fourth-order valence-electron chi connectivity index (χ4n) is 7.13. The van der Waals surface area contributed by atoms with E-state index in [-0.39, 0.29) is 38.3 Å². The standard InChI is InChI=1S/C28H52N6O11/c29-7-16-15(36)5-14(34-8-10-1-12(30)2-10)26(42-16)45-25-13(31)3-11(4-19(37)28(41)6-18(28)32)24(23(25)40)44-27-22(39)20(33)21(38)17(9-35)43-27/h10-18,20-27,34-36,38-41H,1-9,29-33H2/t10?,11-,12?,13-,14+,15-,16+,17+,18?,20-,21+,22+,23+,24-,25+,26+,27+,28?/m0/s1. The number of ether oxygens (including phenoxy) is 4. The molecule has 0 radical (unpaired) electrons. The van der Waals surface area contributed by atoms with Crippen LogP contribution in [0.4, 0.5) is 0 Å². The summed E-state index contributed by atoms with van der Waals surface area (Å²) in [5, 5.41) is 67.1. The molecule has 0 aromatic heterocycles. The fraction of sp³-hybridized carbons (Fsp3) is 0.964. The lowest BCUT2D eigenvalue weighted by molar-refractivity contribution is -0.320. The zero-order chi connectivity index (χ0) is 32.8. The maximum Gasteiger partial charge on any atom is 0.186 e. The van der Waals surface area contributed by atoms with E-state index in [0.29, 0.717) is 12.5 Å². The summed E-state index contributed by atoms with van der Waals surface area (Å²) < 4.78 is 24.1. The summed E-state index contributed by atoms with van der Waals surface area (Å²) in [5.74, 6) is -0.936. The zero-order valence-electron chi connectivity index (χ0n) is 25.3. The number of hydrogen-bond donors (Lipinski definition) is 12. The van der Waals surface area contributed by atoms with E-state index in [1.54, 1.807) is 0 Å². The molecule has 17 heteroatoms. The van der Waals surface area contributed by atoms with E-state index in [1.165, 1.54) is 0 Å². The van der Waals surface area contributed by atoms with Crippen molar-refractivity contribution in [3.05, 3.63) is 0 Å². The van der Waals surface area contributed by atoms with Gasteiger partial charge in [-0.15, -0.1) is 0 Å². The van der Waals surface area contributed by atoms with Gasteiger partial charge in [0.2, 0.25) is 0 Å². The van der Waals surface area contributed by atoms with Crippen LogP contribution in [0.2, 0.25) is 0 Å². The molecular weight excluding hydrogens is 596 g/mol. The van der Waals surface area contributed by atoms with E-state index >= 15 is 0 Å². The van der Waals surface area contributed by atoms with Crippen molar-refractivity contribution in [2.45, 2.75) is 136 Å². The Morgan fingerprint density at radius 2 is 1.53 bits per heavy atom.